The molecule has 2 heterocycles. The highest BCUT2D eigenvalue weighted by Crippen LogP contribution is 2.41. The van der Waals surface area contributed by atoms with Gasteiger partial charge in [0.1, 0.15) is 6.61 Å². The van der Waals surface area contributed by atoms with Gasteiger partial charge in [-0.25, -0.2) is 9.79 Å². The molecule has 12 heteroatoms. The van der Waals surface area contributed by atoms with Crippen molar-refractivity contribution in [2.45, 2.75) is 26.5 Å². The molecule has 1 aliphatic heterocycles. The molecule has 0 fully saturated rings. The molecule has 0 bridgehead atoms. The summed E-state index contributed by atoms with van der Waals surface area (Å²) in [4.78, 5) is 32.5. The topological polar surface area (TPSA) is 121 Å². The molecule has 0 unspecified atom stereocenters. The van der Waals surface area contributed by atoms with Gasteiger partial charge in [0.05, 0.1) is 61.4 Å². The number of allylic oxidation sites excluding steroid dienone is 1. The number of benzene rings is 3. The number of ether oxygens (including phenoxy) is 5. The van der Waals surface area contributed by atoms with Crippen LogP contribution < -0.4 is 33.8 Å². The van der Waals surface area contributed by atoms with E-state index in [2.05, 4.69) is 27.0 Å². The quantitative estimate of drug-likeness (QED) is 0.211. The molecule has 4 aromatic rings. The molecule has 0 aliphatic carbocycles. The molecule has 10 nitrogen and oxygen atoms in total. The molecule has 0 saturated heterocycles. The fraction of sp³-hybridized carbons (Fsp3) is 0.235. The summed E-state index contributed by atoms with van der Waals surface area (Å²) in [5.41, 5.74) is 3.16. The van der Waals surface area contributed by atoms with Gasteiger partial charge in [-0.3, -0.25) is 9.36 Å². The zero-order valence-corrected chi connectivity index (χ0v) is 28.2. The fourth-order valence-corrected chi connectivity index (χ4v) is 6.63. The summed E-state index contributed by atoms with van der Waals surface area (Å²) >= 11 is 4.83. The highest BCUT2D eigenvalue weighted by molar-refractivity contribution is 9.10. The third-order valence-electron chi connectivity index (χ3n) is 7.28. The Morgan fingerprint density at radius 2 is 1.70 bits per heavy atom. The fourth-order valence-electron chi connectivity index (χ4n) is 5.05. The second-order valence-corrected chi connectivity index (χ2v) is 11.9. The third kappa shape index (κ3) is 6.42. The highest BCUT2D eigenvalue weighted by Gasteiger charge is 2.35. The van der Waals surface area contributed by atoms with E-state index in [0.717, 1.165) is 5.56 Å². The minimum Gasteiger partial charge on any atom is -0.493 e. The Labute approximate surface area is 277 Å². The van der Waals surface area contributed by atoms with Crippen LogP contribution in [-0.2, 0) is 16.1 Å². The Morgan fingerprint density at radius 1 is 1.02 bits per heavy atom. The standard InChI is InChI=1S/C34H30BrN3O7S/c1-6-44-33(40)30-19(2)37-34-38(31(30)23-15-27(42-4)28(43-5)16-24(23)35)32(39)29(46-34)14-22-11-12-25(26(13-22)41-3)45-18-21-9-7-20(17-36)8-10-21/h7-16,31H,6,18H2,1-5H3/b29-14-/t31-/m1/s1. The molecular weight excluding hydrogens is 674 g/mol. The van der Waals surface area contributed by atoms with E-state index in [0.29, 0.717) is 59.2 Å². The second kappa shape index (κ2) is 14.1. The highest BCUT2D eigenvalue weighted by atomic mass is 79.9. The third-order valence-corrected chi connectivity index (χ3v) is 8.95. The summed E-state index contributed by atoms with van der Waals surface area (Å²) in [6, 6.07) is 17.3. The van der Waals surface area contributed by atoms with Crippen molar-refractivity contribution in [1.82, 2.24) is 4.57 Å². The second-order valence-electron chi connectivity index (χ2n) is 10.0. The van der Waals surface area contributed by atoms with Crippen molar-refractivity contribution in [2.24, 2.45) is 4.99 Å². The van der Waals surface area contributed by atoms with E-state index in [1.807, 2.05) is 18.2 Å². The first-order chi connectivity index (χ1) is 22.2. The summed E-state index contributed by atoms with van der Waals surface area (Å²) in [5.74, 6) is 1.38. The molecule has 1 aliphatic rings. The molecule has 3 aromatic carbocycles. The van der Waals surface area contributed by atoms with Crippen molar-refractivity contribution in [1.29, 1.82) is 5.26 Å². The summed E-state index contributed by atoms with van der Waals surface area (Å²) in [7, 11) is 4.60. The van der Waals surface area contributed by atoms with Gasteiger partial charge in [0.25, 0.3) is 5.56 Å². The van der Waals surface area contributed by atoms with Crippen LogP contribution in [-0.4, -0.2) is 38.5 Å². The van der Waals surface area contributed by atoms with Crippen molar-refractivity contribution in [3.63, 3.8) is 0 Å². The lowest BCUT2D eigenvalue weighted by atomic mass is 9.95. The van der Waals surface area contributed by atoms with Gasteiger partial charge in [-0.2, -0.15) is 5.26 Å². The number of halogens is 1. The minimum absolute atomic E-state index is 0.162. The summed E-state index contributed by atoms with van der Waals surface area (Å²) in [5, 5.41) is 9.02. The maximum absolute atomic E-state index is 14.1. The van der Waals surface area contributed by atoms with E-state index >= 15 is 0 Å². The average Bonchev–Trinajstić information content (AvgIpc) is 3.37. The van der Waals surface area contributed by atoms with Gasteiger partial charge in [0.15, 0.2) is 27.8 Å². The lowest BCUT2D eigenvalue weighted by molar-refractivity contribution is -0.139. The molecule has 1 atom stereocenters. The van der Waals surface area contributed by atoms with Gasteiger partial charge < -0.3 is 23.7 Å². The number of hydrogen-bond donors (Lipinski definition) is 0. The molecule has 236 valence electrons. The van der Waals surface area contributed by atoms with E-state index in [1.54, 1.807) is 63.4 Å². The Balaban J connectivity index is 1.57. The van der Waals surface area contributed by atoms with Crippen molar-refractivity contribution in [3.8, 4) is 29.1 Å². The summed E-state index contributed by atoms with van der Waals surface area (Å²) < 4.78 is 30.5. The molecule has 0 amide bonds. The maximum Gasteiger partial charge on any atom is 0.338 e. The largest absolute Gasteiger partial charge is 0.493 e. The SMILES string of the molecule is CCOC(=O)C1=C(C)N=c2s/c(=C\c3ccc(OCc4ccc(C#N)cc4)c(OC)c3)c(=O)n2[C@@H]1c1cc(OC)c(OC)cc1Br. The lowest BCUT2D eigenvalue weighted by Gasteiger charge is -2.26. The molecule has 5 rings (SSSR count). The van der Waals surface area contributed by atoms with Crippen LogP contribution in [0.3, 0.4) is 0 Å². The Morgan fingerprint density at radius 3 is 2.35 bits per heavy atom. The van der Waals surface area contributed by atoms with E-state index < -0.39 is 12.0 Å². The summed E-state index contributed by atoms with van der Waals surface area (Å²) in [6.45, 7) is 3.90. The number of methoxy groups -OCH3 is 3. The van der Waals surface area contributed by atoms with Gasteiger partial charge >= 0.3 is 5.97 Å². The normalized spacial score (nSPS) is 14.2. The van der Waals surface area contributed by atoms with Crippen molar-refractivity contribution < 1.29 is 28.5 Å². The first kappa shape index (κ1) is 32.5. The van der Waals surface area contributed by atoms with Crippen molar-refractivity contribution in [3.05, 3.63) is 112 Å². The number of rotatable bonds is 10. The maximum atomic E-state index is 14.1. The van der Waals surface area contributed by atoms with Gasteiger partial charge in [0.2, 0.25) is 0 Å². The lowest BCUT2D eigenvalue weighted by Crippen LogP contribution is -2.40. The number of nitriles is 1. The van der Waals surface area contributed by atoms with Gasteiger partial charge in [-0.1, -0.05) is 45.5 Å². The van der Waals surface area contributed by atoms with E-state index in [-0.39, 0.29) is 24.3 Å². The van der Waals surface area contributed by atoms with E-state index in [9.17, 15) is 9.59 Å². The number of carbonyl (C=O) groups is 1. The predicted octanol–water partition coefficient (Wildman–Crippen LogP) is 5.04. The first-order valence-corrected chi connectivity index (χ1v) is 15.7. The number of fused-ring (bicyclic) bond motifs is 1. The van der Waals surface area contributed by atoms with Crippen molar-refractivity contribution in [2.75, 3.05) is 27.9 Å². The minimum atomic E-state index is -0.848. The van der Waals surface area contributed by atoms with Crippen LogP contribution >= 0.6 is 27.3 Å². The van der Waals surface area contributed by atoms with Gasteiger partial charge in [0, 0.05) is 4.47 Å². The van der Waals surface area contributed by atoms with Crippen LogP contribution in [0.15, 0.2) is 80.1 Å². The summed E-state index contributed by atoms with van der Waals surface area (Å²) in [6.07, 6.45) is 1.75. The number of carbonyl (C=O) groups excluding carboxylic acids is 1. The smallest absolute Gasteiger partial charge is 0.338 e. The number of hydrogen-bond acceptors (Lipinski definition) is 10. The number of thiazole rings is 1. The Kier molecular flexibility index (Phi) is 9.94. The number of nitrogens with zero attached hydrogens (tertiary/aromatic N) is 3. The van der Waals surface area contributed by atoms with Crippen molar-refractivity contribution >= 4 is 39.3 Å². The predicted molar refractivity (Wildman–Crippen MR) is 176 cm³/mol. The monoisotopic (exact) mass is 703 g/mol. The zero-order valence-electron chi connectivity index (χ0n) is 25.8. The molecule has 1 aromatic heterocycles. The first-order valence-electron chi connectivity index (χ1n) is 14.1. The average molecular weight is 705 g/mol. The molecule has 0 spiro atoms. The molecule has 0 N–H and O–H groups in total. The Hall–Kier alpha value is -4.86. The van der Waals surface area contributed by atoms with E-state index in [1.165, 1.54) is 30.1 Å². The van der Waals surface area contributed by atoms with Crippen LogP contribution in [0.25, 0.3) is 6.08 Å². The molecule has 0 saturated carbocycles. The van der Waals surface area contributed by atoms with Crippen LogP contribution in [0.1, 0.15) is 42.1 Å². The van der Waals surface area contributed by atoms with Crippen LogP contribution in [0.2, 0.25) is 0 Å². The zero-order chi connectivity index (χ0) is 33.0. The Bertz CT molecular complexity index is 2060. The molecule has 0 radical (unpaired) electrons. The number of aromatic nitrogens is 1. The van der Waals surface area contributed by atoms with Crippen LogP contribution in [0.5, 0.6) is 23.0 Å². The van der Waals surface area contributed by atoms with Crippen LogP contribution in [0.4, 0.5) is 0 Å². The molecular formula is C34H30BrN3O7S. The van der Waals surface area contributed by atoms with Crippen LogP contribution in [0, 0.1) is 11.3 Å². The number of esters is 1. The molecule has 46 heavy (non-hydrogen) atoms. The van der Waals surface area contributed by atoms with Gasteiger partial charge in [-0.05, 0) is 73.0 Å². The van der Waals surface area contributed by atoms with E-state index in [4.69, 9.17) is 28.9 Å². The van der Waals surface area contributed by atoms with Gasteiger partial charge in [-0.15, -0.1) is 0 Å².